The minimum atomic E-state index is 0.0623. The molecule has 0 spiro atoms. The number of ketones is 1. The smallest absolute Gasteiger partial charge is 0.165 e. The number of hydrogen-bond donors (Lipinski definition) is 1. The molecule has 0 aliphatic heterocycles. The van der Waals surface area contributed by atoms with Gasteiger partial charge in [0.05, 0.1) is 6.61 Å². The zero-order valence-electron chi connectivity index (χ0n) is 11.0. The average molecular weight is 276 g/mol. The molecule has 0 amide bonds. The number of carbonyl (C=O) groups is 1. The number of thioether (sulfide) groups is 1. The van der Waals surface area contributed by atoms with Crippen LogP contribution in [0.3, 0.4) is 0 Å². The van der Waals surface area contributed by atoms with Crippen LogP contribution in [0.1, 0.15) is 29.8 Å². The van der Waals surface area contributed by atoms with Crippen LogP contribution >= 0.6 is 11.8 Å². The molecule has 5 heteroatoms. The predicted molar refractivity (Wildman–Crippen MR) is 75.8 cm³/mol. The Kier molecular flexibility index (Phi) is 4.63. The van der Waals surface area contributed by atoms with Gasteiger partial charge < -0.3 is 9.72 Å². The lowest BCUT2D eigenvalue weighted by Crippen LogP contribution is -1.99. The van der Waals surface area contributed by atoms with Gasteiger partial charge in [-0.2, -0.15) is 0 Å². The van der Waals surface area contributed by atoms with Crippen molar-refractivity contribution in [2.45, 2.75) is 24.8 Å². The molecule has 1 aromatic carbocycles. The van der Waals surface area contributed by atoms with Gasteiger partial charge >= 0.3 is 0 Å². The van der Waals surface area contributed by atoms with Gasteiger partial charge in [0.2, 0.25) is 0 Å². The van der Waals surface area contributed by atoms with Gasteiger partial charge in [-0.1, -0.05) is 11.8 Å². The third-order valence-corrected chi connectivity index (χ3v) is 3.56. The number of Topliss-reactive ketones (excluding diaryl/α,β-unsaturated/α-hetero) is 1. The first-order valence-electron chi connectivity index (χ1n) is 6.09. The van der Waals surface area contributed by atoms with E-state index in [-0.39, 0.29) is 5.78 Å². The van der Waals surface area contributed by atoms with E-state index in [0.717, 1.165) is 16.5 Å². The number of imidazole rings is 1. The minimum absolute atomic E-state index is 0.0623. The largest absolute Gasteiger partial charge is 0.494 e. The molecule has 100 valence electrons. The normalized spacial score (nSPS) is 10.4. The van der Waals surface area contributed by atoms with Crippen LogP contribution in [0.2, 0.25) is 0 Å². The second-order valence-electron chi connectivity index (χ2n) is 3.99. The van der Waals surface area contributed by atoms with Crippen LogP contribution in [-0.2, 0) is 5.75 Å². The fraction of sp³-hybridized carbons (Fsp3) is 0.286. The molecule has 0 atom stereocenters. The van der Waals surface area contributed by atoms with Crippen molar-refractivity contribution in [2.24, 2.45) is 0 Å². The van der Waals surface area contributed by atoms with E-state index in [0.29, 0.717) is 17.9 Å². The lowest BCUT2D eigenvalue weighted by atomic mass is 10.1. The van der Waals surface area contributed by atoms with Crippen molar-refractivity contribution in [1.82, 2.24) is 9.97 Å². The lowest BCUT2D eigenvalue weighted by molar-refractivity contribution is 0.101. The molecule has 2 aromatic rings. The Morgan fingerprint density at radius 3 is 2.95 bits per heavy atom. The van der Waals surface area contributed by atoms with Gasteiger partial charge in [0.25, 0.3) is 0 Å². The van der Waals surface area contributed by atoms with Gasteiger partial charge in [0.15, 0.2) is 10.9 Å². The van der Waals surface area contributed by atoms with Gasteiger partial charge in [-0.3, -0.25) is 4.79 Å². The highest BCUT2D eigenvalue weighted by molar-refractivity contribution is 7.98. The Morgan fingerprint density at radius 1 is 1.47 bits per heavy atom. The minimum Gasteiger partial charge on any atom is -0.494 e. The molecule has 1 heterocycles. The molecule has 4 nitrogen and oxygen atoms in total. The van der Waals surface area contributed by atoms with Gasteiger partial charge in [-0.15, -0.1) is 0 Å². The average Bonchev–Trinajstić information content (AvgIpc) is 2.90. The summed E-state index contributed by atoms with van der Waals surface area (Å²) in [4.78, 5) is 18.6. The topological polar surface area (TPSA) is 55.0 Å². The summed E-state index contributed by atoms with van der Waals surface area (Å²) in [5.74, 6) is 1.60. The highest BCUT2D eigenvalue weighted by Gasteiger charge is 2.09. The molecule has 1 N–H and O–H groups in total. The summed E-state index contributed by atoms with van der Waals surface area (Å²) in [7, 11) is 0. The van der Waals surface area contributed by atoms with Crippen molar-refractivity contribution in [3.8, 4) is 5.75 Å². The summed E-state index contributed by atoms with van der Waals surface area (Å²) >= 11 is 1.58. The maximum atomic E-state index is 11.4. The molecule has 0 aliphatic carbocycles. The number of aromatic amines is 1. The van der Waals surface area contributed by atoms with E-state index >= 15 is 0 Å². The molecule has 0 aliphatic rings. The number of hydrogen-bond acceptors (Lipinski definition) is 4. The van der Waals surface area contributed by atoms with Crippen LogP contribution in [0.15, 0.2) is 35.7 Å². The molecule has 0 bridgehead atoms. The van der Waals surface area contributed by atoms with Crippen molar-refractivity contribution < 1.29 is 9.53 Å². The first kappa shape index (κ1) is 13.7. The molecular formula is C14H16N2O2S. The number of ether oxygens (including phenoxy) is 1. The van der Waals surface area contributed by atoms with Gasteiger partial charge in [0.1, 0.15) is 5.75 Å². The molecule has 0 unspecified atom stereocenters. The van der Waals surface area contributed by atoms with E-state index in [1.165, 1.54) is 0 Å². The molecule has 19 heavy (non-hydrogen) atoms. The number of nitrogens with one attached hydrogen (secondary N) is 1. The summed E-state index contributed by atoms with van der Waals surface area (Å²) in [5, 5.41) is 0.857. The van der Waals surface area contributed by atoms with Gasteiger partial charge in [-0.05, 0) is 32.0 Å². The van der Waals surface area contributed by atoms with Gasteiger partial charge in [-0.25, -0.2) is 4.98 Å². The Balaban J connectivity index is 2.19. The second kappa shape index (κ2) is 6.43. The zero-order valence-corrected chi connectivity index (χ0v) is 11.8. The monoisotopic (exact) mass is 276 g/mol. The van der Waals surface area contributed by atoms with E-state index < -0.39 is 0 Å². The zero-order chi connectivity index (χ0) is 13.7. The number of carbonyl (C=O) groups excluding carboxylic acids is 1. The molecule has 2 rings (SSSR count). The molecule has 1 aromatic heterocycles. The fourth-order valence-electron chi connectivity index (χ4n) is 1.68. The predicted octanol–water partition coefficient (Wildman–Crippen LogP) is 3.30. The first-order chi connectivity index (χ1) is 9.20. The summed E-state index contributed by atoms with van der Waals surface area (Å²) < 4.78 is 5.59. The van der Waals surface area contributed by atoms with E-state index in [9.17, 15) is 4.79 Å². The Hall–Kier alpha value is -1.75. The Labute approximate surface area is 116 Å². The van der Waals surface area contributed by atoms with Crippen molar-refractivity contribution in [3.05, 3.63) is 41.7 Å². The van der Waals surface area contributed by atoms with Crippen LogP contribution in [-0.4, -0.2) is 22.4 Å². The number of nitrogens with zero attached hydrogens (tertiary/aromatic N) is 1. The maximum absolute atomic E-state index is 11.4. The molecule has 0 radical (unpaired) electrons. The van der Waals surface area contributed by atoms with Crippen LogP contribution in [0.5, 0.6) is 5.75 Å². The first-order valence-corrected chi connectivity index (χ1v) is 7.08. The van der Waals surface area contributed by atoms with Gasteiger partial charge in [0, 0.05) is 29.3 Å². The standard InChI is InChI=1S/C14H16N2O2S/c1-3-18-13-5-4-11(10(2)17)8-12(13)9-19-14-15-6-7-16-14/h4-8H,3,9H2,1-2H3,(H,15,16). The van der Waals surface area contributed by atoms with Crippen LogP contribution < -0.4 is 4.74 Å². The van der Waals surface area contributed by atoms with Crippen LogP contribution in [0, 0.1) is 0 Å². The fourth-order valence-corrected chi connectivity index (χ4v) is 2.49. The second-order valence-corrected chi connectivity index (χ2v) is 4.96. The van der Waals surface area contributed by atoms with Crippen molar-refractivity contribution in [1.29, 1.82) is 0 Å². The van der Waals surface area contributed by atoms with Crippen molar-refractivity contribution in [3.63, 3.8) is 0 Å². The Morgan fingerprint density at radius 2 is 2.32 bits per heavy atom. The number of aromatic nitrogens is 2. The highest BCUT2D eigenvalue weighted by atomic mass is 32.2. The van der Waals surface area contributed by atoms with Crippen molar-refractivity contribution in [2.75, 3.05) is 6.61 Å². The molecule has 0 fully saturated rings. The van der Waals surface area contributed by atoms with Crippen LogP contribution in [0.4, 0.5) is 0 Å². The summed E-state index contributed by atoms with van der Waals surface area (Å²) in [6, 6.07) is 5.55. The van der Waals surface area contributed by atoms with Crippen LogP contribution in [0.25, 0.3) is 0 Å². The Bertz CT molecular complexity index is 553. The number of rotatable bonds is 6. The quantitative estimate of drug-likeness (QED) is 0.649. The lowest BCUT2D eigenvalue weighted by Gasteiger charge is -2.10. The van der Waals surface area contributed by atoms with E-state index in [2.05, 4.69) is 9.97 Å². The van der Waals surface area contributed by atoms with E-state index in [1.807, 2.05) is 19.1 Å². The SMILES string of the molecule is CCOc1ccc(C(C)=O)cc1CSc1ncc[nH]1. The summed E-state index contributed by atoms with van der Waals surface area (Å²) in [6.45, 7) is 4.12. The number of H-pyrrole nitrogens is 1. The third kappa shape index (κ3) is 3.61. The number of benzene rings is 1. The molecule has 0 saturated carbocycles. The summed E-state index contributed by atoms with van der Waals surface area (Å²) in [6.07, 6.45) is 3.51. The maximum Gasteiger partial charge on any atom is 0.165 e. The highest BCUT2D eigenvalue weighted by Crippen LogP contribution is 2.27. The van der Waals surface area contributed by atoms with E-state index in [4.69, 9.17) is 4.74 Å². The summed E-state index contributed by atoms with van der Waals surface area (Å²) in [5.41, 5.74) is 1.72. The molecular weight excluding hydrogens is 260 g/mol. The third-order valence-electron chi connectivity index (χ3n) is 2.60. The molecule has 0 saturated heterocycles. The van der Waals surface area contributed by atoms with Crippen molar-refractivity contribution >= 4 is 17.5 Å². The van der Waals surface area contributed by atoms with E-state index in [1.54, 1.807) is 37.1 Å².